The minimum absolute atomic E-state index is 0.00759. The zero-order valence-electron chi connectivity index (χ0n) is 19.6. The van der Waals surface area contributed by atoms with E-state index in [4.69, 9.17) is 4.74 Å². The van der Waals surface area contributed by atoms with Crippen LogP contribution in [-0.4, -0.2) is 35.4 Å². The van der Waals surface area contributed by atoms with Gasteiger partial charge in [0.15, 0.2) is 6.61 Å². The predicted octanol–water partition coefficient (Wildman–Crippen LogP) is 4.83. The van der Waals surface area contributed by atoms with Gasteiger partial charge >= 0.3 is 0 Å². The summed E-state index contributed by atoms with van der Waals surface area (Å²) < 4.78 is 5.78. The Morgan fingerprint density at radius 2 is 1.71 bits per heavy atom. The molecule has 2 amide bonds. The fraction of sp³-hybridized carbons (Fsp3) is 0.462. The average Bonchev–Trinajstić information content (AvgIpc) is 2.71. The van der Waals surface area contributed by atoms with E-state index in [9.17, 15) is 9.59 Å². The number of hydrogen-bond donors (Lipinski definition) is 1. The number of amides is 2. The molecule has 2 aromatic rings. The van der Waals surface area contributed by atoms with Crippen molar-refractivity contribution in [2.45, 2.75) is 72.5 Å². The van der Waals surface area contributed by atoms with E-state index in [0.717, 1.165) is 11.1 Å². The van der Waals surface area contributed by atoms with Gasteiger partial charge in [0, 0.05) is 12.6 Å². The third-order valence-electron chi connectivity index (χ3n) is 5.16. The Bertz CT molecular complexity index is 859. The molecule has 1 N–H and O–H groups in total. The third kappa shape index (κ3) is 7.42. The summed E-state index contributed by atoms with van der Waals surface area (Å²) in [5, 5.41) is 2.94. The molecule has 5 nitrogen and oxygen atoms in total. The van der Waals surface area contributed by atoms with E-state index >= 15 is 0 Å². The van der Waals surface area contributed by atoms with E-state index in [1.54, 1.807) is 4.90 Å². The molecule has 1 atom stereocenters. The van der Waals surface area contributed by atoms with Gasteiger partial charge in [-0.2, -0.15) is 0 Å². The van der Waals surface area contributed by atoms with E-state index in [1.807, 2.05) is 76.2 Å². The zero-order valence-corrected chi connectivity index (χ0v) is 19.6. The summed E-state index contributed by atoms with van der Waals surface area (Å²) in [5.41, 5.74) is 3.33. The lowest BCUT2D eigenvalue weighted by Crippen LogP contribution is -2.51. The molecule has 0 aromatic heterocycles. The number of rotatable bonds is 10. The molecular weight excluding hydrogens is 388 g/mol. The van der Waals surface area contributed by atoms with Crippen LogP contribution in [0.5, 0.6) is 5.75 Å². The van der Waals surface area contributed by atoms with E-state index < -0.39 is 6.04 Å². The number of benzene rings is 2. The van der Waals surface area contributed by atoms with Crippen molar-refractivity contribution >= 4 is 11.8 Å². The standard InChI is InChI=1S/C26H36N2O3/c1-7-24(26(30)27-19(4)5)28(16-21-10-8-9-20(6)15-21)25(29)17-31-23-13-11-22(12-14-23)18(2)3/h8-15,18-19,24H,7,16-17H2,1-6H3,(H,27,30)/t24-/m0/s1. The second-order valence-corrected chi connectivity index (χ2v) is 8.61. The first-order chi connectivity index (χ1) is 14.7. The van der Waals surface area contributed by atoms with Crippen molar-refractivity contribution in [1.29, 1.82) is 0 Å². The quantitative estimate of drug-likeness (QED) is 0.594. The summed E-state index contributed by atoms with van der Waals surface area (Å²) in [6, 6.07) is 15.3. The first kappa shape index (κ1) is 24.4. The van der Waals surface area contributed by atoms with Crippen molar-refractivity contribution in [1.82, 2.24) is 10.2 Å². The summed E-state index contributed by atoms with van der Waals surface area (Å²) in [5.74, 6) is 0.734. The maximum Gasteiger partial charge on any atom is 0.261 e. The lowest BCUT2D eigenvalue weighted by molar-refractivity contribution is -0.143. The number of hydrogen-bond acceptors (Lipinski definition) is 3. The first-order valence-electron chi connectivity index (χ1n) is 11.1. The highest BCUT2D eigenvalue weighted by molar-refractivity contribution is 5.88. The number of carbonyl (C=O) groups is 2. The molecule has 0 aliphatic carbocycles. The molecular formula is C26H36N2O3. The van der Waals surface area contributed by atoms with Crippen LogP contribution in [-0.2, 0) is 16.1 Å². The summed E-state index contributed by atoms with van der Waals surface area (Å²) in [4.78, 5) is 27.6. The molecule has 168 valence electrons. The fourth-order valence-electron chi connectivity index (χ4n) is 3.48. The van der Waals surface area contributed by atoms with E-state index in [-0.39, 0.29) is 24.5 Å². The van der Waals surface area contributed by atoms with Crippen molar-refractivity contribution in [3.63, 3.8) is 0 Å². The number of ether oxygens (including phenoxy) is 1. The molecule has 0 radical (unpaired) electrons. The Labute approximate surface area is 186 Å². The molecule has 0 saturated heterocycles. The molecule has 0 bridgehead atoms. The smallest absolute Gasteiger partial charge is 0.261 e. The summed E-state index contributed by atoms with van der Waals surface area (Å²) in [6.07, 6.45) is 0.527. The number of nitrogens with one attached hydrogen (secondary N) is 1. The average molecular weight is 425 g/mol. The predicted molar refractivity (Wildman–Crippen MR) is 125 cm³/mol. The van der Waals surface area contributed by atoms with Crippen LogP contribution in [0.25, 0.3) is 0 Å². The molecule has 5 heteroatoms. The van der Waals surface area contributed by atoms with Crippen LogP contribution in [0, 0.1) is 6.92 Å². The molecule has 0 unspecified atom stereocenters. The molecule has 0 spiro atoms. The monoisotopic (exact) mass is 424 g/mol. The maximum absolute atomic E-state index is 13.2. The van der Waals surface area contributed by atoms with Gasteiger partial charge in [0.1, 0.15) is 11.8 Å². The number of aryl methyl sites for hydroxylation is 1. The second kappa shape index (κ2) is 11.5. The fourth-order valence-corrected chi connectivity index (χ4v) is 3.48. The SMILES string of the molecule is CC[C@@H](C(=O)NC(C)C)N(Cc1cccc(C)c1)C(=O)COc1ccc(C(C)C)cc1. The van der Waals surface area contributed by atoms with Crippen molar-refractivity contribution in [2.75, 3.05) is 6.61 Å². The Kier molecular flexibility index (Phi) is 9.10. The Morgan fingerprint density at radius 3 is 2.26 bits per heavy atom. The Morgan fingerprint density at radius 1 is 1.03 bits per heavy atom. The van der Waals surface area contributed by atoms with Gasteiger partial charge in [-0.15, -0.1) is 0 Å². The van der Waals surface area contributed by atoms with Gasteiger partial charge in [-0.3, -0.25) is 9.59 Å². The van der Waals surface area contributed by atoms with Crippen molar-refractivity contribution in [3.8, 4) is 5.75 Å². The highest BCUT2D eigenvalue weighted by Gasteiger charge is 2.29. The normalized spacial score (nSPS) is 12.0. The van der Waals surface area contributed by atoms with Crippen molar-refractivity contribution < 1.29 is 14.3 Å². The Hall–Kier alpha value is -2.82. The minimum Gasteiger partial charge on any atom is -0.484 e. The second-order valence-electron chi connectivity index (χ2n) is 8.61. The molecule has 0 aliphatic heterocycles. The zero-order chi connectivity index (χ0) is 23.0. The van der Waals surface area contributed by atoms with Gasteiger partial charge < -0.3 is 15.0 Å². The molecule has 31 heavy (non-hydrogen) atoms. The molecule has 2 aromatic carbocycles. The van der Waals surface area contributed by atoms with Crippen LogP contribution < -0.4 is 10.1 Å². The molecule has 0 heterocycles. The number of nitrogens with zero attached hydrogens (tertiary/aromatic N) is 1. The summed E-state index contributed by atoms with van der Waals surface area (Å²) in [6.45, 7) is 12.3. The lowest BCUT2D eigenvalue weighted by Gasteiger charge is -2.31. The van der Waals surface area contributed by atoms with Gasteiger partial charge in [-0.05, 0) is 56.4 Å². The van der Waals surface area contributed by atoms with Crippen molar-refractivity contribution in [3.05, 3.63) is 65.2 Å². The van der Waals surface area contributed by atoms with Crippen LogP contribution in [0.3, 0.4) is 0 Å². The largest absolute Gasteiger partial charge is 0.484 e. The highest BCUT2D eigenvalue weighted by Crippen LogP contribution is 2.19. The van der Waals surface area contributed by atoms with Gasteiger partial charge in [-0.1, -0.05) is 62.7 Å². The summed E-state index contributed by atoms with van der Waals surface area (Å²) in [7, 11) is 0. The van der Waals surface area contributed by atoms with Crippen LogP contribution in [0.2, 0.25) is 0 Å². The van der Waals surface area contributed by atoms with Gasteiger partial charge in [0.25, 0.3) is 5.91 Å². The van der Waals surface area contributed by atoms with Crippen LogP contribution >= 0.6 is 0 Å². The molecule has 0 aliphatic rings. The van der Waals surface area contributed by atoms with E-state index in [1.165, 1.54) is 5.56 Å². The minimum atomic E-state index is -0.553. The Balaban J connectivity index is 2.18. The van der Waals surface area contributed by atoms with Crippen molar-refractivity contribution in [2.24, 2.45) is 0 Å². The van der Waals surface area contributed by atoms with Gasteiger partial charge in [0.05, 0.1) is 0 Å². The van der Waals surface area contributed by atoms with Crippen LogP contribution in [0.1, 0.15) is 63.6 Å². The van der Waals surface area contributed by atoms with Crippen LogP contribution in [0.4, 0.5) is 0 Å². The topological polar surface area (TPSA) is 58.6 Å². The third-order valence-corrected chi connectivity index (χ3v) is 5.16. The maximum atomic E-state index is 13.2. The van der Waals surface area contributed by atoms with E-state index in [0.29, 0.717) is 24.6 Å². The highest BCUT2D eigenvalue weighted by atomic mass is 16.5. The molecule has 0 fully saturated rings. The molecule has 0 saturated carbocycles. The van der Waals surface area contributed by atoms with Gasteiger partial charge in [0.2, 0.25) is 5.91 Å². The summed E-state index contributed by atoms with van der Waals surface area (Å²) >= 11 is 0. The van der Waals surface area contributed by atoms with E-state index in [2.05, 4.69) is 19.2 Å². The number of carbonyl (C=O) groups excluding carboxylic acids is 2. The first-order valence-corrected chi connectivity index (χ1v) is 11.1. The lowest BCUT2D eigenvalue weighted by atomic mass is 10.0. The molecule has 2 rings (SSSR count). The van der Waals surface area contributed by atoms with Gasteiger partial charge in [-0.25, -0.2) is 0 Å². The van der Waals surface area contributed by atoms with Crippen LogP contribution in [0.15, 0.2) is 48.5 Å².